The minimum atomic E-state index is -0.182. The van der Waals surface area contributed by atoms with Crippen LogP contribution in [0.4, 0.5) is 11.4 Å². The van der Waals surface area contributed by atoms with Gasteiger partial charge in [0.2, 0.25) is 0 Å². The van der Waals surface area contributed by atoms with E-state index in [1.165, 1.54) is 11.8 Å². The molecule has 220 valence electrons. The van der Waals surface area contributed by atoms with E-state index in [0.717, 1.165) is 48.5 Å². The number of carbonyl (C=O) groups is 2. The van der Waals surface area contributed by atoms with Crippen LogP contribution in [0.5, 0.6) is 11.8 Å². The normalized spacial score (nSPS) is 16.9. The molecule has 1 aromatic heterocycles. The highest BCUT2D eigenvalue weighted by molar-refractivity contribution is 8.26. The molecule has 0 N–H and O–H groups in total. The van der Waals surface area contributed by atoms with Crippen molar-refractivity contribution in [3.63, 3.8) is 0 Å². The van der Waals surface area contributed by atoms with E-state index in [1.54, 1.807) is 4.90 Å². The van der Waals surface area contributed by atoms with E-state index in [9.17, 15) is 9.59 Å². The van der Waals surface area contributed by atoms with Crippen LogP contribution in [0, 0.1) is 0 Å². The van der Waals surface area contributed by atoms with E-state index in [-0.39, 0.29) is 24.1 Å². The molecular weight excluding hydrogens is 572 g/mol. The van der Waals surface area contributed by atoms with Gasteiger partial charge in [-0.3, -0.25) is 14.5 Å². The Bertz CT molecular complexity index is 1530. The summed E-state index contributed by atoms with van der Waals surface area (Å²) in [5.41, 5.74) is 3.41. The van der Waals surface area contributed by atoms with E-state index in [4.69, 9.17) is 26.1 Å². The van der Waals surface area contributed by atoms with Crippen molar-refractivity contribution < 1.29 is 23.5 Å². The summed E-state index contributed by atoms with van der Waals surface area (Å²) in [5.74, 6) is 1.28. The van der Waals surface area contributed by atoms with Gasteiger partial charge >= 0.3 is 12.0 Å². The first-order chi connectivity index (χ1) is 20.2. The third-order valence-electron chi connectivity index (χ3n) is 6.90. The Labute approximate surface area is 255 Å². The predicted molar refractivity (Wildman–Crippen MR) is 170 cm³/mol. The fourth-order valence-electron chi connectivity index (χ4n) is 4.92. The van der Waals surface area contributed by atoms with Crippen LogP contribution in [0.1, 0.15) is 46.5 Å². The van der Waals surface area contributed by atoms with Crippen LogP contribution in [0.2, 0.25) is 0 Å². The molecule has 0 saturated carbocycles. The summed E-state index contributed by atoms with van der Waals surface area (Å²) in [7, 11) is 1.99. The maximum atomic E-state index is 13.1. The molecule has 0 unspecified atom stereocenters. The molecule has 1 saturated heterocycles. The molecule has 5 rings (SSSR count). The van der Waals surface area contributed by atoms with Crippen molar-refractivity contribution in [2.45, 2.75) is 52.6 Å². The van der Waals surface area contributed by atoms with E-state index in [0.29, 0.717) is 33.5 Å². The molecule has 11 heteroatoms. The van der Waals surface area contributed by atoms with Gasteiger partial charge < -0.3 is 23.7 Å². The largest absolute Gasteiger partial charge is 0.463 e. The second-order valence-corrected chi connectivity index (χ2v) is 11.9. The van der Waals surface area contributed by atoms with Crippen molar-refractivity contribution in [2.24, 2.45) is 0 Å². The zero-order chi connectivity index (χ0) is 29.8. The maximum absolute atomic E-state index is 13.1. The summed E-state index contributed by atoms with van der Waals surface area (Å²) in [5, 5.41) is 0. The molecule has 9 nitrogen and oxygen atoms in total. The Kier molecular flexibility index (Phi) is 9.18. The molecule has 42 heavy (non-hydrogen) atoms. The van der Waals surface area contributed by atoms with Gasteiger partial charge in [-0.25, -0.2) is 0 Å². The predicted octanol–water partition coefficient (Wildman–Crippen LogP) is 6.99. The van der Waals surface area contributed by atoms with Crippen LogP contribution >= 0.6 is 24.0 Å². The summed E-state index contributed by atoms with van der Waals surface area (Å²) in [4.78, 5) is 35.7. The average molecular weight is 607 g/mol. The molecule has 0 spiro atoms. The Hall–Kier alpha value is -3.83. The van der Waals surface area contributed by atoms with Crippen LogP contribution < -0.4 is 14.5 Å². The van der Waals surface area contributed by atoms with Crippen LogP contribution in [0.15, 0.2) is 69.8 Å². The fraction of sp³-hybridized carbons (Fsp3) is 0.355. The number of amides is 1. The molecular formula is C31H34N4O5S2. The number of allylic oxidation sites excluding steroid dienone is 2. The molecule has 0 radical (unpaired) electrons. The number of carbonyl (C=O) groups excluding carboxylic acids is 2. The van der Waals surface area contributed by atoms with Gasteiger partial charge in [0, 0.05) is 32.6 Å². The van der Waals surface area contributed by atoms with Crippen molar-refractivity contribution in [3.05, 3.63) is 65.3 Å². The summed E-state index contributed by atoms with van der Waals surface area (Å²) in [6, 6.07) is 13.4. The number of fused-ring (bicyclic) bond motifs is 2. The second kappa shape index (κ2) is 13.0. The standard InChI is InChI=1S/C31H34N4O5S2/c1-5-34-23-15-14-21(39-30-32-22-11-8-9-12-25(22)40-30)19-24(23)33(4)27(34)17-16-26-29(37)35(31(41)42-26)18-10-6-7-13-28(36)38-20(2)3/h8-9,11-12,14-17,19-20H,5-7,10,13,18H2,1-4H3. The van der Waals surface area contributed by atoms with E-state index in [2.05, 4.69) is 21.7 Å². The molecule has 0 aliphatic carbocycles. The van der Waals surface area contributed by atoms with Crippen molar-refractivity contribution in [2.75, 3.05) is 29.9 Å². The summed E-state index contributed by atoms with van der Waals surface area (Å²) >= 11 is 6.83. The number of hydrogen-bond acceptors (Lipinski definition) is 10. The van der Waals surface area contributed by atoms with Gasteiger partial charge in [0.25, 0.3) is 5.91 Å². The number of oxazole rings is 1. The topological polar surface area (TPSA) is 88.4 Å². The Morgan fingerprint density at radius 2 is 1.90 bits per heavy atom. The number of para-hydroxylation sites is 2. The van der Waals surface area contributed by atoms with E-state index >= 15 is 0 Å². The number of hydrogen-bond donors (Lipinski definition) is 0. The van der Waals surface area contributed by atoms with E-state index in [1.807, 2.05) is 75.5 Å². The molecule has 1 amide bonds. The number of rotatable bonds is 11. The zero-order valence-corrected chi connectivity index (χ0v) is 25.8. The number of aromatic nitrogens is 1. The quantitative estimate of drug-likeness (QED) is 0.0984. The van der Waals surface area contributed by atoms with Gasteiger partial charge in [-0.2, -0.15) is 4.98 Å². The lowest BCUT2D eigenvalue weighted by Crippen LogP contribution is -2.29. The molecule has 1 fully saturated rings. The molecule has 0 atom stereocenters. The molecule has 3 aromatic rings. The number of nitrogens with zero attached hydrogens (tertiary/aromatic N) is 4. The highest BCUT2D eigenvalue weighted by atomic mass is 32.2. The highest BCUT2D eigenvalue weighted by Gasteiger charge is 2.32. The molecule has 2 aromatic carbocycles. The number of esters is 1. The summed E-state index contributed by atoms with van der Waals surface area (Å²) in [6.45, 7) is 7.05. The lowest BCUT2D eigenvalue weighted by atomic mass is 10.2. The third-order valence-corrected chi connectivity index (χ3v) is 8.30. The number of thioether (sulfide) groups is 1. The minimum Gasteiger partial charge on any atom is -0.463 e. The third kappa shape index (κ3) is 6.47. The number of benzene rings is 2. The van der Waals surface area contributed by atoms with Crippen molar-refractivity contribution in [1.82, 2.24) is 9.88 Å². The smallest absolute Gasteiger partial charge is 0.400 e. The van der Waals surface area contributed by atoms with Crippen LogP contribution in [-0.2, 0) is 14.3 Å². The highest BCUT2D eigenvalue weighted by Crippen LogP contribution is 2.43. The van der Waals surface area contributed by atoms with Gasteiger partial charge in [0.15, 0.2) is 5.58 Å². The number of unbranched alkanes of at least 4 members (excludes halogenated alkanes) is 2. The van der Waals surface area contributed by atoms with E-state index < -0.39 is 0 Å². The maximum Gasteiger partial charge on any atom is 0.400 e. The SMILES string of the molecule is CCN1C(=CC=C2SC(=S)N(CCCCCC(=O)OC(C)C)C2=O)N(C)c2cc(Oc3nc4ccccc4o3)ccc21. The average Bonchev–Trinajstić information content (AvgIpc) is 3.57. The lowest BCUT2D eigenvalue weighted by Gasteiger charge is -2.20. The molecule has 2 aliphatic rings. The van der Waals surface area contributed by atoms with Crippen molar-refractivity contribution >= 4 is 62.7 Å². The van der Waals surface area contributed by atoms with Gasteiger partial charge in [0.1, 0.15) is 21.4 Å². The first-order valence-electron chi connectivity index (χ1n) is 14.1. The summed E-state index contributed by atoms with van der Waals surface area (Å²) < 4.78 is 17.4. The number of anilines is 2. The zero-order valence-electron chi connectivity index (χ0n) is 24.2. The second-order valence-electron chi connectivity index (χ2n) is 10.2. The first kappa shape index (κ1) is 29.7. The lowest BCUT2D eigenvalue weighted by molar-refractivity contribution is -0.147. The van der Waals surface area contributed by atoms with Crippen LogP contribution in [0.25, 0.3) is 11.1 Å². The molecule has 3 heterocycles. The van der Waals surface area contributed by atoms with Gasteiger partial charge in [0.05, 0.1) is 22.4 Å². The van der Waals surface area contributed by atoms with Gasteiger partial charge in [-0.05, 0) is 70.0 Å². The van der Waals surface area contributed by atoms with Crippen LogP contribution in [-0.4, -0.2) is 52.3 Å². The van der Waals surface area contributed by atoms with Crippen molar-refractivity contribution in [3.8, 4) is 11.8 Å². The molecule has 2 aliphatic heterocycles. The number of ether oxygens (including phenoxy) is 2. The van der Waals surface area contributed by atoms with Gasteiger partial charge in [-0.1, -0.05) is 42.5 Å². The Morgan fingerprint density at radius 1 is 1.10 bits per heavy atom. The first-order valence-corrected chi connectivity index (χ1v) is 15.3. The fourth-order valence-corrected chi connectivity index (χ4v) is 6.17. The molecule has 0 bridgehead atoms. The van der Waals surface area contributed by atoms with Crippen LogP contribution in [0.3, 0.4) is 0 Å². The number of thiocarbonyl (C=S) groups is 1. The summed E-state index contributed by atoms with van der Waals surface area (Å²) in [6.07, 6.45) is 6.59. The monoisotopic (exact) mass is 606 g/mol. The Balaban J connectivity index is 1.23. The van der Waals surface area contributed by atoms with Crippen molar-refractivity contribution in [1.29, 1.82) is 0 Å². The minimum absolute atomic E-state index is 0.0868. The van der Waals surface area contributed by atoms with Gasteiger partial charge in [-0.15, -0.1) is 0 Å². The Morgan fingerprint density at radius 3 is 2.67 bits per heavy atom.